The SMILES string of the molecule is COCC(Br)CN(C)c1nccc(C)n1. The second-order valence-corrected chi connectivity index (χ2v) is 4.73. The van der Waals surface area contributed by atoms with Crippen LogP contribution in [0.4, 0.5) is 5.95 Å². The van der Waals surface area contributed by atoms with E-state index in [1.165, 1.54) is 0 Å². The van der Waals surface area contributed by atoms with Crippen LogP contribution in [0.5, 0.6) is 0 Å². The largest absolute Gasteiger partial charge is 0.383 e. The van der Waals surface area contributed by atoms with Gasteiger partial charge in [-0.15, -0.1) is 0 Å². The second kappa shape index (κ2) is 6.02. The predicted molar refractivity (Wildman–Crippen MR) is 64.6 cm³/mol. The van der Waals surface area contributed by atoms with Crippen molar-refractivity contribution in [1.82, 2.24) is 9.97 Å². The van der Waals surface area contributed by atoms with E-state index >= 15 is 0 Å². The van der Waals surface area contributed by atoms with Gasteiger partial charge in [0, 0.05) is 32.6 Å². The molecule has 0 aliphatic rings. The third-order valence-electron chi connectivity index (χ3n) is 1.94. The summed E-state index contributed by atoms with van der Waals surface area (Å²) in [6, 6.07) is 1.89. The molecule has 1 aromatic heterocycles. The molecule has 5 heteroatoms. The van der Waals surface area contributed by atoms with E-state index in [-0.39, 0.29) is 4.83 Å². The van der Waals surface area contributed by atoms with Crippen LogP contribution in [0.3, 0.4) is 0 Å². The Labute approximate surface area is 98.8 Å². The Morgan fingerprint density at radius 3 is 2.93 bits per heavy atom. The zero-order valence-corrected chi connectivity index (χ0v) is 10.9. The van der Waals surface area contributed by atoms with Crippen LogP contribution in [0.1, 0.15) is 5.69 Å². The number of methoxy groups -OCH3 is 1. The minimum absolute atomic E-state index is 0.289. The minimum atomic E-state index is 0.289. The lowest BCUT2D eigenvalue weighted by molar-refractivity contribution is 0.201. The van der Waals surface area contributed by atoms with Crippen LogP contribution < -0.4 is 4.90 Å². The molecule has 15 heavy (non-hydrogen) atoms. The molecule has 0 radical (unpaired) electrons. The molecule has 0 spiro atoms. The van der Waals surface area contributed by atoms with Crippen molar-refractivity contribution in [2.45, 2.75) is 11.8 Å². The van der Waals surface area contributed by atoms with Gasteiger partial charge in [-0.1, -0.05) is 15.9 Å². The van der Waals surface area contributed by atoms with Gasteiger partial charge in [-0.05, 0) is 13.0 Å². The zero-order chi connectivity index (χ0) is 11.3. The normalized spacial score (nSPS) is 12.5. The molecular formula is C10H16BrN3O. The van der Waals surface area contributed by atoms with Gasteiger partial charge in [-0.3, -0.25) is 0 Å². The fourth-order valence-corrected chi connectivity index (χ4v) is 1.93. The Bertz CT molecular complexity index is 308. The first kappa shape index (κ1) is 12.4. The number of ether oxygens (including phenoxy) is 1. The molecule has 1 atom stereocenters. The van der Waals surface area contributed by atoms with Crippen molar-refractivity contribution < 1.29 is 4.74 Å². The standard InChI is InChI=1S/C10H16BrN3O/c1-8-4-5-12-10(13-8)14(2)6-9(11)7-15-3/h4-5,9H,6-7H2,1-3H3. The van der Waals surface area contributed by atoms with E-state index in [1.54, 1.807) is 13.3 Å². The maximum absolute atomic E-state index is 5.05. The van der Waals surface area contributed by atoms with Crippen molar-refractivity contribution in [3.05, 3.63) is 18.0 Å². The van der Waals surface area contributed by atoms with E-state index in [1.807, 2.05) is 24.9 Å². The molecule has 1 aromatic rings. The first-order chi connectivity index (χ1) is 7.13. The molecule has 84 valence electrons. The van der Waals surface area contributed by atoms with Gasteiger partial charge < -0.3 is 9.64 Å². The molecule has 4 nitrogen and oxygen atoms in total. The lowest BCUT2D eigenvalue weighted by Crippen LogP contribution is -2.29. The number of alkyl halides is 1. The number of nitrogens with zero attached hydrogens (tertiary/aromatic N) is 3. The highest BCUT2D eigenvalue weighted by molar-refractivity contribution is 9.09. The van der Waals surface area contributed by atoms with Crippen molar-refractivity contribution in [3.8, 4) is 0 Å². The Balaban J connectivity index is 2.56. The van der Waals surface area contributed by atoms with E-state index < -0.39 is 0 Å². The number of rotatable bonds is 5. The summed E-state index contributed by atoms with van der Waals surface area (Å²) in [6.07, 6.45) is 1.77. The Hall–Kier alpha value is -0.680. The lowest BCUT2D eigenvalue weighted by Gasteiger charge is -2.20. The highest BCUT2D eigenvalue weighted by Gasteiger charge is 2.10. The summed E-state index contributed by atoms with van der Waals surface area (Å²) in [7, 11) is 3.66. The maximum Gasteiger partial charge on any atom is 0.225 e. The molecule has 1 heterocycles. The Kier molecular flexibility index (Phi) is 4.98. The summed E-state index contributed by atoms with van der Waals surface area (Å²) in [6.45, 7) is 3.45. The second-order valence-electron chi connectivity index (χ2n) is 3.43. The summed E-state index contributed by atoms with van der Waals surface area (Å²) in [5.74, 6) is 0.746. The highest BCUT2D eigenvalue weighted by Crippen LogP contribution is 2.09. The van der Waals surface area contributed by atoms with Gasteiger partial charge in [0.2, 0.25) is 5.95 Å². The smallest absolute Gasteiger partial charge is 0.225 e. The molecular weight excluding hydrogens is 258 g/mol. The minimum Gasteiger partial charge on any atom is -0.383 e. The quantitative estimate of drug-likeness (QED) is 0.765. The number of aryl methyl sites for hydroxylation is 1. The van der Waals surface area contributed by atoms with Crippen LogP contribution >= 0.6 is 15.9 Å². The molecule has 1 unspecified atom stereocenters. The third-order valence-corrected chi connectivity index (χ3v) is 2.50. The molecule has 0 saturated carbocycles. The highest BCUT2D eigenvalue weighted by atomic mass is 79.9. The van der Waals surface area contributed by atoms with Gasteiger partial charge in [0.05, 0.1) is 11.4 Å². The number of aromatic nitrogens is 2. The van der Waals surface area contributed by atoms with Gasteiger partial charge in [0.1, 0.15) is 0 Å². The van der Waals surface area contributed by atoms with Crippen LogP contribution in [0.15, 0.2) is 12.3 Å². The molecule has 0 fully saturated rings. The molecule has 0 aliphatic carbocycles. The van der Waals surface area contributed by atoms with Gasteiger partial charge in [-0.2, -0.15) is 0 Å². The van der Waals surface area contributed by atoms with Crippen LogP contribution in [0.2, 0.25) is 0 Å². The zero-order valence-electron chi connectivity index (χ0n) is 9.27. The molecule has 1 rings (SSSR count). The number of hydrogen-bond acceptors (Lipinski definition) is 4. The average molecular weight is 274 g/mol. The van der Waals surface area contributed by atoms with Crippen molar-refractivity contribution in [2.24, 2.45) is 0 Å². The molecule has 0 aliphatic heterocycles. The van der Waals surface area contributed by atoms with Crippen LogP contribution in [-0.4, -0.2) is 42.1 Å². The van der Waals surface area contributed by atoms with Crippen LogP contribution in [-0.2, 0) is 4.74 Å². The fourth-order valence-electron chi connectivity index (χ4n) is 1.23. The van der Waals surface area contributed by atoms with Crippen molar-refractivity contribution in [2.75, 3.05) is 32.2 Å². The topological polar surface area (TPSA) is 38.2 Å². The molecule has 0 aromatic carbocycles. The fraction of sp³-hybridized carbons (Fsp3) is 0.600. The lowest BCUT2D eigenvalue weighted by atomic mass is 10.4. The first-order valence-electron chi connectivity index (χ1n) is 4.77. The van der Waals surface area contributed by atoms with Crippen molar-refractivity contribution in [1.29, 1.82) is 0 Å². The summed E-state index contributed by atoms with van der Waals surface area (Å²) in [5, 5.41) is 0. The molecule has 0 bridgehead atoms. The number of halogens is 1. The van der Waals surface area contributed by atoms with Gasteiger partial charge >= 0.3 is 0 Å². The van der Waals surface area contributed by atoms with E-state index in [2.05, 4.69) is 25.9 Å². The van der Waals surface area contributed by atoms with E-state index in [4.69, 9.17) is 4.74 Å². The summed E-state index contributed by atoms with van der Waals surface area (Å²) >= 11 is 3.53. The molecule has 0 saturated heterocycles. The van der Waals surface area contributed by atoms with Gasteiger partial charge in [-0.25, -0.2) is 9.97 Å². The molecule has 0 N–H and O–H groups in total. The monoisotopic (exact) mass is 273 g/mol. The Morgan fingerprint density at radius 2 is 2.33 bits per heavy atom. The van der Waals surface area contributed by atoms with Gasteiger partial charge in [0.25, 0.3) is 0 Å². The summed E-state index contributed by atoms with van der Waals surface area (Å²) < 4.78 is 5.05. The number of hydrogen-bond donors (Lipinski definition) is 0. The average Bonchev–Trinajstić information content (AvgIpc) is 2.18. The first-order valence-corrected chi connectivity index (χ1v) is 5.69. The van der Waals surface area contributed by atoms with Crippen LogP contribution in [0, 0.1) is 6.92 Å². The number of anilines is 1. The Morgan fingerprint density at radius 1 is 1.60 bits per heavy atom. The van der Waals surface area contributed by atoms with E-state index in [9.17, 15) is 0 Å². The maximum atomic E-state index is 5.05. The van der Waals surface area contributed by atoms with Gasteiger partial charge in [0.15, 0.2) is 0 Å². The van der Waals surface area contributed by atoms with Crippen molar-refractivity contribution >= 4 is 21.9 Å². The van der Waals surface area contributed by atoms with E-state index in [0.717, 1.165) is 18.2 Å². The summed E-state index contributed by atoms with van der Waals surface area (Å²) in [4.78, 5) is 10.8. The van der Waals surface area contributed by atoms with Crippen molar-refractivity contribution in [3.63, 3.8) is 0 Å². The van der Waals surface area contributed by atoms with Crippen LogP contribution in [0.25, 0.3) is 0 Å². The third kappa shape index (κ3) is 4.13. The molecule has 0 amide bonds. The van der Waals surface area contributed by atoms with E-state index in [0.29, 0.717) is 6.61 Å². The summed E-state index contributed by atoms with van der Waals surface area (Å²) in [5.41, 5.74) is 0.977. The predicted octanol–water partition coefficient (Wildman–Crippen LogP) is 1.63.